The molecule has 2 aromatic rings. The van der Waals surface area contributed by atoms with E-state index in [0.29, 0.717) is 44.4 Å². The maximum absolute atomic E-state index is 12.7. The monoisotopic (exact) mass is 433 g/mol. The number of halogens is 1. The van der Waals surface area contributed by atoms with Crippen molar-refractivity contribution >= 4 is 34.8 Å². The molecule has 0 unspecified atom stereocenters. The summed E-state index contributed by atoms with van der Waals surface area (Å²) in [7, 11) is 0. The first kappa shape index (κ1) is 20.3. The summed E-state index contributed by atoms with van der Waals surface area (Å²) in [5.74, 6) is 0.297. The number of benzene rings is 1. The largest absolute Gasteiger partial charge is 0.378 e. The van der Waals surface area contributed by atoms with Gasteiger partial charge in [0.15, 0.2) is 0 Å². The summed E-state index contributed by atoms with van der Waals surface area (Å²) in [5.41, 5.74) is 1.65. The molecule has 2 aliphatic rings. The predicted molar refractivity (Wildman–Crippen MR) is 113 cm³/mol. The first-order chi connectivity index (χ1) is 14.1. The van der Waals surface area contributed by atoms with Crippen molar-refractivity contribution in [3.05, 3.63) is 40.4 Å². The van der Waals surface area contributed by atoms with Gasteiger partial charge in [0.2, 0.25) is 11.8 Å². The van der Waals surface area contributed by atoms with Crippen molar-refractivity contribution in [1.29, 1.82) is 0 Å². The minimum absolute atomic E-state index is 0.0169. The van der Waals surface area contributed by atoms with E-state index in [0.717, 1.165) is 29.1 Å². The van der Waals surface area contributed by atoms with Crippen molar-refractivity contribution in [2.75, 3.05) is 39.4 Å². The van der Waals surface area contributed by atoms with Crippen LogP contribution in [0.5, 0.6) is 0 Å². The SMILES string of the molecule is O=C(Cc1csc(-c2ccccc2Cl)n1)N1CCC(C(=O)N2CCOCC2)CC1. The highest BCUT2D eigenvalue weighted by molar-refractivity contribution is 7.13. The van der Waals surface area contributed by atoms with Crippen molar-refractivity contribution < 1.29 is 14.3 Å². The van der Waals surface area contributed by atoms with Gasteiger partial charge in [-0.3, -0.25) is 9.59 Å². The lowest BCUT2D eigenvalue weighted by Gasteiger charge is -2.35. The van der Waals surface area contributed by atoms with Gasteiger partial charge in [0, 0.05) is 43.0 Å². The average molecular weight is 434 g/mol. The number of carbonyl (C=O) groups is 2. The number of amides is 2. The first-order valence-corrected chi connectivity index (χ1v) is 11.2. The molecule has 8 heteroatoms. The van der Waals surface area contributed by atoms with Crippen LogP contribution in [-0.4, -0.2) is 66.0 Å². The molecule has 1 aromatic heterocycles. The number of carbonyl (C=O) groups excluding carboxylic acids is 2. The molecule has 29 heavy (non-hydrogen) atoms. The van der Waals surface area contributed by atoms with Gasteiger partial charge in [-0.15, -0.1) is 11.3 Å². The number of hydrogen-bond acceptors (Lipinski definition) is 5. The van der Waals surface area contributed by atoms with Crippen molar-refractivity contribution in [3.8, 4) is 10.6 Å². The van der Waals surface area contributed by atoms with Crippen LogP contribution in [0.4, 0.5) is 0 Å². The Labute approximate surface area is 179 Å². The Kier molecular flexibility index (Phi) is 6.47. The number of ether oxygens (including phenoxy) is 1. The molecule has 2 aliphatic heterocycles. The standard InChI is InChI=1S/C21H24ClN3O3S/c22-18-4-2-1-3-17(18)20-23-16(14-29-20)13-19(26)24-7-5-15(6-8-24)21(27)25-9-11-28-12-10-25/h1-4,14-15H,5-13H2. The summed E-state index contributed by atoms with van der Waals surface area (Å²) in [6, 6.07) is 7.58. The summed E-state index contributed by atoms with van der Waals surface area (Å²) in [6.45, 7) is 3.84. The van der Waals surface area contributed by atoms with Gasteiger partial charge >= 0.3 is 0 Å². The Hall–Kier alpha value is -1.96. The second-order valence-electron chi connectivity index (χ2n) is 7.39. The highest BCUT2D eigenvalue weighted by Crippen LogP contribution is 2.30. The van der Waals surface area contributed by atoms with E-state index >= 15 is 0 Å². The lowest BCUT2D eigenvalue weighted by Crippen LogP contribution is -2.47. The topological polar surface area (TPSA) is 62.7 Å². The average Bonchev–Trinajstić information content (AvgIpc) is 3.22. The number of likely N-dealkylation sites (tertiary alicyclic amines) is 1. The van der Waals surface area contributed by atoms with E-state index in [-0.39, 0.29) is 24.2 Å². The maximum Gasteiger partial charge on any atom is 0.228 e. The predicted octanol–water partition coefficient (Wildman–Crippen LogP) is 3.10. The maximum atomic E-state index is 12.7. The van der Waals surface area contributed by atoms with Gasteiger partial charge in [-0.25, -0.2) is 4.98 Å². The molecule has 0 aliphatic carbocycles. The van der Waals surface area contributed by atoms with E-state index in [4.69, 9.17) is 16.3 Å². The fourth-order valence-corrected chi connectivity index (χ4v) is 4.97. The summed E-state index contributed by atoms with van der Waals surface area (Å²) in [4.78, 5) is 33.7. The third kappa shape index (κ3) is 4.79. The van der Waals surface area contributed by atoms with Crippen molar-refractivity contribution in [2.24, 2.45) is 5.92 Å². The van der Waals surface area contributed by atoms with Crippen LogP contribution >= 0.6 is 22.9 Å². The van der Waals surface area contributed by atoms with E-state index in [1.54, 1.807) is 0 Å². The van der Waals surface area contributed by atoms with Crippen molar-refractivity contribution in [1.82, 2.24) is 14.8 Å². The molecule has 0 N–H and O–H groups in total. The van der Waals surface area contributed by atoms with Crippen LogP contribution in [-0.2, 0) is 20.7 Å². The fourth-order valence-electron chi connectivity index (χ4n) is 3.83. The zero-order chi connectivity index (χ0) is 20.2. The zero-order valence-electron chi connectivity index (χ0n) is 16.2. The molecule has 0 radical (unpaired) electrons. The summed E-state index contributed by atoms with van der Waals surface area (Å²) in [6.07, 6.45) is 1.73. The number of aromatic nitrogens is 1. The van der Waals surface area contributed by atoms with Gasteiger partial charge in [-0.05, 0) is 18.9 Å². The normalized spacial score (nSPS) is 18.1. The number of rotatable bonds is 4. The molecule has 0 bridgehead atoms. The molecule has 6 nitrogen and oxygen atoms in total. The Balaban J connectivity index is 1.30. The lowest BCUT2D eigenvalue weighted by atomic mass is 9.95. The van der Waals surface area contributed by atoms with Crippen LogP contribution in [0.1, 0.15) is 18.5 Å². The summed E-state index contributed by atoms with van der Waals surface area (Å²) < 4.78 is 5.32. The first-order valence-electron chi connectivity index (χ1n) is 9.95. The molecule has 0 spiro atoms. The molecule has 2 saturated heterocycles. The van der Waals surface area contributed by atoms with E-state index in [1.807, 2.05) is 39.4 Å². The number of piperidine rings is 1. The van der Waals surface area contributed by atoms with Crippen LogP contribution < -0.4 is 0 Å². The minimum Gasteiger partial charge on any atom is -0.378 e. The summed E-state index contributed by atoms with van der Waals surface area (Å²) >= 11 is 7.74. The second kappa shape index (κ2) is 9.24. The van der Waals surface area contributed by atoms with Crippen LogP contribution in [0.2, 0.25) is 5.02 Å². The smallest absolute Gasteiger partial charge is 0.228 e. The highest BCUT2D eigenvalue weighted by atomic mass is 35.5. The van der Waals surface area contributed by atoms with Gasteiger partial charge in [-0.2, -0.15) is 0 Å². The molecule has 3 heterocycles. The van der Waals surface area contributed by atoms with Gasteiger partial charge in [0.05, 0.1) is 30.4 Å². The van der Waals surface area contributed by atoms with Gasteiger partial charge < -0.3 is 14.5 Å². The number of hydrogen-bond donors (Lipinski definition) is 0. The quantitative estimate of drug-likeness (QED) is 0.743. The lowest BCUT2D eigenvalue weighted by molar-refractivity contribution is -0.143. The number of thiazole rings is 1. The van der Waals surface area contributed by atoms with Crippen LogP contribution in [0.3, 0.4) is 0 Å². The Bertz CT molecular complexity index is 874. The van der Waals surface area contributed by atoms with Crippen LogP contribution in [0.15, 0.2) is 29.6 Å². The zero-order valence-corrected chi connectivity index (χ0v) is 17.8. The fraction of sp³-hybridized carbons (Fsp3) is 0.476. The third-order valence-corrected chi connectivity index (χ3v) is 6.76. The summed E-state index contributed by atoms with van der Waals surface area (Å²) in [5, 5.41) is 3.41. The van der Waals surface area contributed by atoms with Gasteiger partial charge in [-0.1, -0.05) is 29.8 Å². The molecular formula is C21H24ClN3O3S. The molecule has 2 fully saturated rings. The van der Waals surface area contributed by atoms with Crippen LogP contribution in [0, 0.1) is 5.92 Å². The van der Waals surface area contributed by atoms with E-state index in [1.165, 1.54) is 11.3 Å². The van der Waals surface area contributed by atoms with E-state index in [9.17, 15) is 9.59 Å². The molecular weight excluding hydrogens is 410 g/mol. The van der Waals surface area contributed by atoms with E-state index < -0.39 is 0 Å². The van der Waals surface area contributed by atoms with Crippen LogP contribution in [0.25, 0.3) is 10.6 Å². The Morgan fingerprint density at radius 2 is 1.83 bits per heavy atom. The molecule has 2 amide bonds. The molecule has 1 aromatic carbocycles. The minimum atomic E-state index is 0.0169. The number of morpholine rings is 1. The second-order valence-corrected chi connectivity index (χ2v) is 8.66. The number of nitrogens with zero attached hydrogens (tertiary/aromatic N) is 3. The van der Waals surface area contributed by atoms with Gasteiger partial charge in [0.1, 0.15) is 5.01 Å². The molecule has 0 atom stereocenters. The van der Waals surface area contributed by atoms with Crippen molar-refractivity contribution in [3.63, 3.8) is 0 Å². The molecule has 0 saturated carbocycles. The van der Waals surface area contributed by atoms with Crippen molar-refractivity contribution in [2.45, 2.75) is 19.3 Å². The molecule has 4 rings (SSSR count). The van der Waals surface area contributed by atoms with Gasteiger partial charge in [0.25, 0.3) is 0 Å². The highest BCUT2D eigenvalue weighted by Gasteiger charge is 2.31. The third-order valence-electron chi connectivity index (χ3n) is 5.51. The van der Waals surface area contributed by atoms with E-state index in [2.05, 4.69) is 4.98 Å². The molecule has 154 valence electrons. The Morgan fingerprint density at radius 3 is 2.55 bits per heavy atom. The Morgan fingerprint density at radius 1 is 1.10 bits per heavy atom.